The number of nitrogens with one attached hydrogen (secondary N) is 3. The average molecular weight is 545 g/mol. The van der Waals surface area contributed by atoms with E-state index in [0.717, 1.165) is 37.2 Å². The highest BCUT2D eigenvalue weighted by atomic mass is 16.2. The van der Waals surface area contributed by atoms with Crippen molar-refractivity contribution in [2.24, 2.45) is 19.1 Å². The third kappa shape index (κ3) is 5.17. The van der Waals surface area contributed by atoms with Gasteiger partial charge < -0.3 is 20.1 Å². The van der Waals surface area contributed by atoms with Gasteiger partial charge in [-0.15, -0.1) is 0 Å². The van der Waals surface area contributed by atoms with Gasteiger partial charge in [0.1, 0.15) is 22.4 Å². The second-order valence-corrected chi connectivity index (χ2v) is 10.3. The maximum atomic E-state index is 12.6. The van der Waals surface area contributed by atoms with Crippen LogP contribution in [-0.2, 0) is 23.7 Å². The Morgan fingerprint density at radius 2 is 1.82 bits per heavy atom. The van der Waals surface area contributed by atoms with Crippen LogP contribution in [-0.4, -0.2) is 94.3 Å². The highest BCUT2D eigenvalue weighted by molar-refractivity contribution is 6.13. The molecule has 1 aliphatic rings. The topological polar surface area (TPSA) is 158 Å². The lowest BCUT2D eigenvalue weighted by Crippen LogP contribution is -2.47. The van der Waals surface area contributed by atoms with E-state index in [1.54, 1.807) is 28.0 Å². The predicted octanol–water partition coefficient (Wildman–Crippen LogP) is 1.56. The van der Waals surface area contributed by atoms with E-state index in [1.807, 2.05) is 25.1 Å². The maximum absolute atomic E-state index is 12.6. The minimum atomic E-state index is -0.112. The van der Waals surface area contributed by atoms with Crippen molar-refractivity contribution in [2.75, 3.05) is 38.5 Å². The summed E-state index contributed by atoms with van der Waals surface area (Å²) in [5.74, 6) is 0.0596. The lowest BCUT2D eigenvalue weighted by atomic mass is 10.1. The van der Waals surface area contributed by atoms with Crippen LogP contribution in [0.25, 0.3) is 33.2 Å². The van der Waals surface area contributed by atoms with Gasteiger partial charge in [-0.3, -0.25) is 29.0 Å². The number of pyridine rings is 2. The third-order valence-electron chi connectivity index (χ3n) is 7.20. The third-order valence-corrected chi connectivity index (χ3v) is 7.20. The lowest BCUT2D eigenvalue weighted by Gasteiger charge is -2.32. The zero-order valence-electron chi connectivity index (χ0n) is 22.8. The molecule has 6 heterocycles. The lowest BCUT2D eigenvalue weighted by molar-refractivity contribution is -0.133. The number of carbonyl (C=O) groups is 2. The van der Waals surface area contributed by atoms with Crippen LogP contribution < -0.4 is 10.9 Å². The molecule has 1 aliphatic heterocycles. The van der Waals surface area contributed by atoms with Gasteiger partial charge in [0.2, 0.25) is 11.8 Å². The fraction of sp³-hybridized carbons (Fsp3) is 0.423. The molecule has 0 atom stereocenters. The van der Waals surface area contributed by atoms with Crippen molar-refractivity contribution >= 4 is 56.4 Å². The molecule has 0 aliphatic carbocycles. The quantitative estimate of drug-likeness (QED) is 0.207. The highest BCUT2D eigenvalue weighted by Gasteiger charge is 2.19. The standard InChI is InChI=1S/C26H32N12O2/c1-35-8-10-38(11-9-35)20(40)7-5-4-6-19(39)29-16-12-18-22(27-13-16)23-21-24(31-18)34-37(3)25(21)33-26(32-23)30-17-14-28-36(2)15-17/h12-15,31,34H,4-11H2,1-3H3,(H,29,39). The molecule has 0 unspecified atom stereocenters. The first-order valence-electron chi connectivity index (χ1n) is 13.4. The van der Waals surface area contributed by atoms with Gasteiger partial charge in [-0.25, -0.2) is 9.98 Å². The maximum Gasteiger partial charge on any atom is 0.252 e. The molecule has 208 valence electrons. The molecule has 0 saturated carbocycles. The molecular weight excluding hydrogens is 512 g/mol. The van der Waals surface area contributed by atoms with Crippen molar-refractivity contribution in [3.63, 3.8) is 0 Å². The Bertz CT molecular complexity index is 1780. The van der Waals surface area contributed by atoms with Gasteiger partial charge in [0, 0.05) is 53.1 Å². The first-order chi connectivity index (χ1) is 19.3. The Morgan fingerprint density at radius 1 is 1.02 bits per heavy atom. The van der Waals surface area contributed by atoms with Gasteiger partial charge in [-0.05, 0) is 26.0 Å². The minimum Gasteiger partial charge on any atom is -0.340 e. The molecule has 5 aromatic rings. The second-order valence-electron chi connectivity index (χ2n) is 10.3. The van der Waals surface area contributed by atoms with Crippen LogP contribution in [0.5, 0.6) is 0 Å². The van der Waals surface area contributed by atoms with Crippen molar-refractivity contribution in [1.29, 1.82) is 0 Å². The smallest absolute Gasteiger partial charge is 0.252 e. The molecular formula is C26H32N12O2. The molecule has 14 heteroatoms. The van der Waals surface area contributed by atoms with Crippen LogP contribution >= 0.6 is 0 Å². The van der Waals surface area contributed by atoms with Crippen LogP contribution in [0.3, 0.4) is 0 Å². The summed E-state index contributed by atoms with van der Waals surface area (Å²) < 4.78 is 3.47. The van der Waals surface area contributed by atoms with Gasteiger partial charge in [-0.2, -0.15) is 10.1 Å². The number of carbonyl (C=O) groups excluding carboxylic acids is 2. The number of aromatic amines is 2. The highest BCUT2D eigenvalue weighted by Crippen LogP contribution is 2.27. The number of H-pyrrole nitrogens is 2. The van der Waals surface area contributed by atoms with E-state index in [4.69, 9.17) is 4.98 Å². The number of nitrogens with zero attached hydrogens (tertiary/aromatic N) is 9. The Kier molecular flexibility index (Phi) is 6.76. The number of hydrogen-bond donors (Lipinski definition) is 3. The summed E-state index contributed by atoms with van der Waals surface area (Å²) in [5.41, 5.74) is 4.95. The number of fused-ring (bicyclic) bond motifs is 2. The number of likely N-dealkylation sites (N-methyl/N-ethyl adjacent to an activating group) is 1. The van der Waals surface area contributed by atoms with E-state index in [-0.39, 0.29) is 11.8 Å². The van der Waals surface area contributed by atoms with E-state index in [1.165, 1.54) is 0 Å². The molecule has 1 saturated heterocycles. The normalized spacial score (nSPS) is 15.1. The monoisotopic (exact) mass is 544 g/mol. The van der Waals surface area contributed by atoms with Gasteiger partial charge >= 0.3 is 0 Å². The summed E-state index contributed by atoms with van der Waals surface area (Å²) in [6, 6.07) is 1.84. The van der Waals surface area contributed by atoms with Crippen molar-refractivity contribution in [1.82, 2.24) is 49.3 Å². The zero-order chi connectivity index (χ0) is 27.8. The number of aryl methyl sites for hydroxylation is 2. The van der Waals surface area contributed by atoms with Crippen molar-refractivity contribution in [3.8, 4) is 0 Å². The van der Waals surface area contributed by atoms with E-state index >= 15 is 0 Å². The molecule has 5 aromatic heterocycles. The largest absolute Gasteiger partial charge is 0.340 e. The first-order valence-corrected chi connectivity index (χ1v) is 13.4. The van der Waals surface area contributed by atoms with Crippen LogP contribution in [0.2, 0.25) is 0 Å². The number of unbranched alkanes of at least 4 members (excludes halogenated alkanes) is 1. The van der Waals surface area contributed by atoms with Gasteiger partial charge in [0.05, 0.1) is 35.2 Å². The molecule has 0 radical (unpaired) electrons. The van der Waals surface area contributed by atoms with E-state index in [9.17, 15) is 9.59 Å². The molecule has 2 amide bonds. The fourth-order valence-corrected chi connectivity index (χ4v) is 5.03. The molecule has 0 bridgehead atoms. The minimum absolute atomic E-state index is 0.112. The molecule has 3 N–H and O–H groups in total. The summed E-state index contributed by atoms with van der Waals surface area (Å²) in [6.07, 6.45) is 7.20. The van der Waals surface area contributed by atoms with Crippen molar-refractivity contribution < 1.29 is 9.59 Å². The van der Waals surface area contributed by atoms with Crippen molar-refractivity contribution in [2.45, 2.75) is 25.7 Å². The predicted molar refractivity (Wildman–Crippen MR) is 150 cm³/mol. The molecule has 1 fully saturated rings. The van der Waals surface area contributed by atoms with E-state index < -0.39 is 0 Å². The fourth-order valence-electron chi connectivity index (χ4n) is 5.03. The number of amides is 2. The van der Waals surface area contributed by atoms with Crippen LogP contribution in [0.1, 0.15) is 25.7 Å². The van der Waals surface area contributed by atoms with Crippen molar-refractivity contribution in [3.05, 3.63) is 30.3 Å². The van der Waals surface area contributed by atoms with Crippen LogP contribution in [0, 0.1) is 0 Å². The number of aromatic nitrogens is 8. The average Bonchev–Trinajstić information content (AvgIpc) is 3.48. The number of piperazine rings is 1. The Morgan fingerprint density at radius 3 is 2.60 bits per heavy atom. The Hall–Kier alpha value is -4.59. The number of hydrogen-bond acceptors (Lipinski definition) is 8. The second kappa shape index (κ2) is 10.5. The summed E-state index contributed by atoms with van der Waals surface area (Å²) in [5, 5.41) is 11.2. The number of rotatable bonds is 7. The SMILES string of the molecule is CN1CCN(C(=O)CCCCC(=O)Nc2cnc3c(c2)[nH]c2[nH]n(C)c4nc(=Nc5cnn(C)c5)nc3c24)CC1. The Balaban J connectivity index is 1.17. The summed E-state index contributed by atoms with van der Waals surface area (Å²) in [4.78, 5) is 51.0. The molecule has 6 rings (SSSR count). The van der Waals surface area contributed by atoms with Gasteiger partial charge in [0.15, 0.2) is 5.65 Å². The molecule has 0 aromatic carbocycles. The van der Waals surface area contributed by atoms with Crippen LogP contribution in [0.15, 0.2) is 29.6 Å². The summed E-state index contributed by atoms with van der Waals surface area (Å²) in [6.45, 7) is 3.37. The van der Waals surface area contributed by atoms with Gasteiger partial charge in [0.25, 0.3) is 5.62 Å². The van der Waals surface area contributed by atoms with Gasteiger partial charge in [-0.1, -0.05) is 0 Å². The zero-order valence-corrected chi connectivity index (χ0v) is 22.8. The first kappa shape index (κ1) is 25.7. The summed E-state index contributed by atoms with van der Waals surface area (Å²) in [7, 11) is 5.76. The van der Waals surface area contributed by atoms with Crippen LogP contribution in [0.4, 0.5) is 11.4 Å². The summed E-state index contributed by atoms with van der Waals surface area (Å²) >= 11 is 0. The molecule has 14 nitrogen and oxygen atoms in total. The van der Waals surface area contributed by atoms with E-state index in [0.29, 0.717) is 64.9 Å². The van der Waals surface area contributed by atoms with E-state index in [2.05, 4.69) is 47.4 Å². The number of anilines is 1. The molecule has 40 heavy (non-hydrogen) atoms. The Labute approximate surface area is 229 Å². The molecule has 0 spiro atoms.